The SMILES string of the molecule is COc1ccc(/C=N/NC(=O)c2cnn(CC(O)c3ccccc3)c2N)cc1OC. The summed E-state index contributed by atoms with van der Waals surface area (Å²) in [6.07, 6.45) is 2.01. The normalized spacial score (nSPS) is 12.0. The fraction of sp³-hybridized carbons (Fsp3) is 0.190. The van der Waals surface area contributed by atoms with Gasteiger partial charge in [0.25, 0.3) is 5.91 Å². The Bertz CT molecular complexity index is 1030. The first kappa shape index (κ1) is 20.9. The monoisotopic (exact) mass is 409 g/mol. The highest BCUT2D eigenvalue weighted by Gasteiger charge is 2.17. The van der Waals surface area contributed by atoms with Crippen molar-refractivity contribution < 1.29 is 19.4 Å². The van der Waals surface area contributed by atoms with Gasteiger partial charge in [0.15, 0.2) is 11.5 Å². The van der Waals surface area contributed by atoms with Gasteiger partial charge in [-0.25, -0.2) is 10.1 Å². The highest BCUT2D eigenvalue weighted by Crippen LogP contribution is 2.26. The zero-order valence-electron chi connectivity index (χ0n) is 16.6. The zero-order valence-corrected chi connectivity index (χ0v) is 16.6. The number of nitrogens with one attached hydrogen (secondary N) is 1. The Morgan fingerprint density at radius 1 is 1.23 bits per heavy atom. The highest BCUT2D eigenvalue weighted by atomic mass is 16.5. The number of anilines is 1. The number of aromatic nitrogens is 2. The number of nitrogens with two attached hydrogens (primary N) is 1. The Kier molecular flexibility index (Phi) is 6.66. The van der Waals surface area contributed by atoms with Crippen LogP contribution in [0.2, 0.25) is 0 Å². The molecule has 0 spiro atoms. The lowest BCUT2D eigenvalue weighted by molar-refractivity contribution is 0.0955. The van der Waals surface area contributed by atoms with Crippen LogP contribution in [0, 0.1) is 0 Å². The van der Waals surface area contributed by atoms with Crippen molar-refractivity contribution in [3.8, 4) is 11.5 Å². The molecule has 4 N–H and O–H groups in total. The van der Waals surface area contributed by atoms with E-state index in [0.29, 0.717) is 17.1 Å². The Morgan fingerprint density at radius 3 is 2.67 bits per heavy atom. The van der Waals surface area contributed by atoms with Crippen LogP contribution in [0.15, 0.2) is 59.8 Å². The number of nitrogens with zero attached hydrogens (tertiary/aromatic N) is 3. The summed E-state index contributed by atoms with van der Waals surface area (Å²) < 4.78 is 11.8. The summed E-state index contributed by atoms with van der Waals surface area (Å²) in [7, 11) is 3.09. The van der Waals surface area contributed by atoms with E-state index in [4.69, 9.17) is 15.2 Å². The van der Waals surface area contributed by atoms with Gasteiger partial charge in [0.2, 0.25) is 0 Å². The molecule has 0 aliphatic rings. The van der Waals surface area contributed by atoms with Crippen LogP contribution < -0.4 is 20.6 Å². The summed E-state index contributed by atoms with van der Waals surface area (Å²) in [5.41, 5.74) is 10.1. The number of carbonyl (C=O) groups excluding carboxylic acids is 1. The van der Waals surface area contributed by atoms with E-state index in [2.05, 4.69) is 15.6 Å². The number of rotatable bonds is 8. The van der Waals surface area contributed by atoms with Gasteiger partial charge in [-0.1, -0.05) is 30.3 Å². The number of aliphatic hydroxyl groups is 1. The van der Waals surface area contributed by atoms with E-state index in [1.807, 2.05) is 18.2 Å². The van der Waals surface area contributed by atoms with E-state index in [1.54, 1.807) is 37.4 Å². The maximum Gasteiger partial charge on any atom is 0.276 e. The smallest absolute Gasteiger partial charge is 0.276 e. The van der Waals surface area contributed by atoms with Crippen LogP contribution in [0.5, 0.6) is 11.5 Å². The zero-order chi connectivity index (χ0) is 21.5. The topological polar surface area (TPSA) is 124 Å². The Hall–Kier alpha value is -3.85. The van der Waals surface area contributed by atoms with Crippen LogP contribution in [0.3, 0.4) is 0 Å². The number of ether oxygens (including phenoxy) is 2. The largest absolute Gasteiger partial charge is 0.493 e. The number of hydrazone groups is 1. The molecule has 1 unspecified atom stereocenters. The van der Waals surface area contributed by atoms with Crippen molar-refractivity contribution in [3.05, 3.63) is 71.4 Å². The molecule has 30 heavy (non-hydrogen) atoms. The van der Waals surface area contributed by atoms with Crippen LogP contribution in [-0.4, -0.2) is 41.2 Å². The minimum atomic E-state index is -0.799. The van der Waals surface area contributed by atoms with Crippen molar-refractivity contribution >= 4 is 17.9 Å². The van der Waals surface area contributed by atoms with Crippen molar-refractivity contribution in [3.63, 3.8) is 0 Å². The lowest BCUT2D eigenvalue weighted by atomic mass is 10.1. The second-order valence-electron chi connectivity index (χ2n) is 6.37. The Balaban J connectivity index is 1.64. The van der Waals surface area contributed by atoms with Crippen LogP contribution in [-0.2, 0) is 6.54 Å². The van der Waals surface area contributed by atoms with Crippen LogP contribution in [0.1, 0.15) is 27.6 Å². The summed E-state index contributed by atoms with van der Waals surface area (Å²) in [5.74, 6) is 0.778. The van der Waals surface area contributed by atoms with Crippen molar-refractivity contribution in [2.45, 2.75) is 12.6 Å². The van der Waals surface area contributed by atoms with Gasteiger partial charge in [-0.15, -0.1) is 0 Å². The van der Waals surface area contributed by atoms with Crippen molar-refractivity contribution in [2.75, 3.05) is 20.0 Å². The first-order chi connectivity index (χ1) is 14.5. The summed E-state index contributed by atoms with van der Waals surface area (Å²) >= 11 is 0. The van der Waals surface area contributed by atoms with Gasteiger partial charge in [-0.3, -0.25) is 4.79 Å². The van der Waals surface area contributed by atoms with Crippen LogP contribution in [0.25, 0.3) is 0 Å². The molecule has 1 amide bonds. The summed E-state index contributed by atoms with van der Waals surface area (Å²) in [6, 6.07) is 14.4. The third-order valence-corrected chi connectivity index (χ3v) is 4.44. The van der Waals surface area contributed by atoms with Crippen LogP contribution in [0.4, 0.5) is 5.82 Å². The van der Waals surface area contributed by atoms with Crippen LogP contribution >= 0.6 is 0 Å². The van der Waals surface area contributed by atoms with Crippen molar-refractivity contribution in [1.29, 1.82) is 0 Å². The van der Waals surface area contributed by atoms with Gasteiger partial charge in [0, 0.05) is 0 Å². The maximum absolute atomic E-state index is 12.4. The molecule has 0 saturated carbocycles. The molecule has 0 fully saturated rings. The lowest BCUT2D eigenvalue weighted by Crippen LogP contribution is -2.19. The molecule has 0 aliphatic heterocycles. The van der Waals surface area contributed by atoms with Gasteiger partial charge < -0.3 is 20.3 Å². The predicted molar refractivity (Wildman–Crippen MR) is 113 cm³/mol. The molecule has 0 saturated heterocycles. The molecule has 0 bridgehead atoms. The predicted octanol–water partition coefficient (Wildman–Crippen LogP) is 1.98. The quantitative estimate of drug-likeness (QED) is 0.386. The minimum Gasteiger partial charge on any atom is -0.493 e. The Morgan fingerprint density at radius 2 is 1.97 bits per heavy atom. The summed E-state index contributed by atoms with van der Waals surface area (Å²) in [5, 5.41) is 18.4. The molecule has 1 atom stereocenters. The first-order valence-electron chi connectivity index (χ1n) is 9.13. The maximum atomic E-state index is 12.4. The number of hydrogen-bond acceptors (Lipinski definition) is 7. The van der Waals surface area contributed by atoms with Gasteiger partial charge in [0.1, 0.15) is 11.4 Å². The van der Waals surface area contributed by atoms with Gasteiger partial charge in [0.05, 0.1) is 39.3 Å². The molecule has 0 radical (unpaired) electrons. The van der Waals surface area contributed by atoms with Gasteiger partial charge >= 0.3 is 0 Å². The van der Waals surface area contributed by atoms with E-state index in [-0.39, 0.29) is 17.9 Å². The average Bonchev–Trinajstić information content (AvgIpc) is 3.14. The molecule has 9 heteroatoms. The molecule has 3 aromatic rings. The number of hydrogen-bond donors (Lipinski definition) is 3. The molecule has 1 aromatic heterocycles. The van der Waals surface area contributed by atoms with E-state index in [1.165, 1.54) is 24.2 Å². The molecular weight excluding hydrogens is 386 g/mol. The molecule has 3 rings (SSSR count). The standard InChI is InChI=1S/C21H23N5O4/c1-29-18-9-8-14(10-19(18)30-2)11-23-25-21(28)16-12-24-26(20(16)22)13-17(27)15-6-4-3-5-7-15/h3-12,17,27H,13,22H2,1-2H3,(H,25,28)/b23-11+. The second-order valence-corrected chi connectivity index (χ2v) is 6.37. The molecular formula is C21H23N5O4. The molecule has 1 heterocycles. The molecule has 9 nitrogen and oxygen atoms in total. The number of nitrogen functional groups attached to an aromatic ring is 1. The first-order valence-corrected chi connectivity index (χ1v) is 9.13. The van der Waals surface area contributed by atoms with Crippen molar-refractivity contribution in [2.24, 2.45) is 5.10 Å². The van der Waals surface area contributed by atoms with E-state index in [0.717, 1.165) is 5.56 Å². The Labute approximate surface area is 173 Å². The van der Waals surface area contributed by atoms with Gasteiger partial charge in [-0.2, -0.15) is 10.2 Å². The number of benzene rings is 2. The number of methoxy groups -OCH3 is 2. The van der Waals surface area contributed by atoms with Crippen molar-refractivity contribution in [1.82, 2.24) is 15.2 Å². The fourth-order valence-corrected chi connectivity index (χ4v) is 2.82. The van der Waals surface area contributed by atoms with E-state index in [9.17, 15) is 9.90 Å². The number of aliphatic hydroxyl groups excluding tert-OH is 1. The fourth-order valence-electron chi connectivity index (χ4n) is 2.82. The van der Waals surface area contributed by atoms with E-state index >= 15 is 0 Å². The summed E-state index contributed by atoms with van der Waals surface area (Å²) in [4.78, 5) is 12.4. The number of amides is 1. The third-order valence-electron chi connectivity index (χ3n) is 4.44. The average molecular weight is 409 g/mol. The minimum absolute atomic E-state index is 0.123. The molecule has 2 aromatic carbocycles. The summed E-state index contributed by atoms with van der Waals surface area (Å²) in [6.45, 7) is 0.123. The molecule has 0 aliphatic carbocycles. The molecule has 156 valence electrons. The van der Waals surface area contributed by atoms with Gasteiger partial charge in [-0.05, 0) is 29.3 Å². The second kappa shape index (κ2) is 9.57. The van der Waals surface area contributed by atoms with E-state index < -0.39 is 12.0 Å². The number of carbonyl (C=O) groups is 1. The third kappa shape index (κ3) is 4.76. The lowest BCUT2D eigenvalue weighted by Gasteiger charge is -2.12. The highest BCUT2D eigenvalue weighted by molar-refractivity contribution is 5.98.